The number of rotatable bonds is 9. The van der Waals surface area contributed by atoms with E-state index in [0.29, 0.717) is 23.5 Å². The minimum absolute atomic E-state index is 0.00811. The van der Waals surface area contributed by atoms with Gasteiger partial charge in [0.1, 0.15) is 18.1 Å². The first kappa shape index (κ1) is 18.7. The molecule has 0 atom stereocenters. The van der Waals surface area contributed by atoms with Crippen molar-refractivity contribution in [2.75, 3.05) is 6.61 Å². The van der Waals surface area contributed by atoms with Gasteiger partial charge in [0.25, 0.3) is 11.4 Å². The zero-order chi connectivity index (χ0) is 18.9. The largest absolute Gasteiger partial charge is 0.489 e. The molecule has 2 aromatic carbocycles. The van der Waals surface area contributed by atoms with Gasteiger partial charge in [-0.1, -0.05) is 6.08 Å². The second kappa shape index (κ2) is 8.97. The Bertz CT molecular complexity index is 830. The predicted octanol–water partition coefficient (Wildman–Crippen LogP) is 4.20. The molecule has 0 aliphatic rings. The van der Waals surface area contributed by atoms with Crippen LogP contribution in [0, 0.1) is 20.2 Å². The molecular formula is C18H16N2O6. The Morgan fingerprint density at radius 2 is 1.65 bits per heavy atom. The van der Waals surface area contributed by atoms with Crippen molar-refractivity contribution in [1.82, 2.24) is 0 Å². The summed E-state index contributed by atoms with van der Waals surface area (Å²) < 4.78 is 10.9. The molecule has 8 nitrogen and oxygen atoms in total. The Morgan fingerprint density at radius 1 is 1.00 bits per heavy atom. The van der Waals surface area contributed by atoms with Crippen molar-refractivity contribution in [1.29, 1.82) is 0 Å². The summed E-state index contributed by atoms with van der Waals surface area (Å²) in [6, 6.07) is 10.0. The molecule has 0 aromatic heterocycles. The Hall–Kier alpha value is -3.68. The molecule has 0 spiro atoms. The van der Waals surface area contributed by atoms with Crippen LogP contribution in [-0.4, -0.2) is 16.5 Å². The number of ether oxygens (including phenoxy) is 2. The van der Waals surface area contributed by atoms with Crippen LogP contribution in [0.4, 0.5) is 11.4 Å². The van der Waals surface area contributed by atoms with Gasteiger partial charge in [-0.2, -0.15) is 0 Å². The number of nitro benzene ring substituents is 2. The van der Waals surface area contributed by atoms with Gasteiger partial charge in [0, 0.05) is 29.8 Å². The maximum atomic E-state index is 10.8. The van der Waals surface area contributed by atoms with E-state index in [2.05, 4.69) is 6.58 Å². The summed E-state index contributed by atoms with van der Waals surface area (Å²) in [6.07, 6.45) is 5.10. The standard InChI is InChI=1S/C18H16N2O6/c1-2-4-14-13-16(20(23)24)7-10-18(14)26-12-3-11-25-17-8-5-15(6-9-17)19(21)22/h2-3,5-11,13H,1,4,12H2. The zero-order valence-electron chi connectivity index (χ0n) is 13.7. The summed E-state index contributed by atoms with van der Waals surface area (Å²) in [5, 5.41) is 21.4. The van der Waals surface area contributed by atoms with Gasteiger partial charge in [0.15, 0.2) is 0 Å². The van der Waals surface area contributed by atoms with Crippen LogP contribution in [0.15, 0.2) is 67.5 Å². The number of nitrogens with zero attached hydrogens (tertiary/aromatic N) is 2. The highest BCUT2D eigenvalue weighted by atomic mass is 16.6. The van der Waals surface area contributed by atoms with E-state index in [9.17, 15) is 20.2 Å². The van der Waals surface area contributed by atoms with Crippen LogP contribution < -0.4 is 9.47 Å². The SMILES string of the molecule is C=CCc1cc([N+](=O)[O-])ccc1OCC=COc1ccc([N+](=O)[O-])cc1. The average Bonchev–Trinajstić information content (AvgIpc) is 2.63. The van der Waals surface area contributed by atoms with Crippen molar-refractivity contribution in [2.45, 2.75) is 6.42 Å². The summed E-state index contributed by atoms with van der Waals surface area (Å²) in [5.74, 6) is 0.977. The number of hydrogen-bond acceptors (Lipinski definition) is 6. The molecule has 0 heterocycles. The molecule has 0 aliphatic carbocycles. The van der Waals surface area contributed by atoms with E-state index >= 15 is 0 Å². The Kier molecular flexibility index (Phi) is 6.44. The van der Waals surface area contributed by atoms with Crippen molar-refractivity contribution in [3.63, 3.8) is 0 Å². The quantitative estimate of drug-likeness (QED) is 0.288. The third kappa shape index (κ3) is 5.17. The minimum atomic E-state index is -0.488. The molecule has 0 bridgehead atoms. The number of hydrogen-bond donors (Lipinski definition) is 0. The summed E-state index contributed by atoms with van der Waals surface area (Å²) in [6.45, 7) is 3.82. The van der Waals surface area contributed by atoms with Crippen LogP contribution in [0.25, 0.3) is 0 Å². The number of benzene rings is 2. The van der Waals surface area contributed by atoms with Crippen molar-refractivity contribution in [2.24, 2.45) is 0 Å². The van der Waals surface area contributed by atoms with Gasteiger partial charge in [-0.25, -0.2) is 0 Å². The number of allylic oxidation sites excluding steroid dienone is 1. The van der Waals surface area contributed by atoms with E-state index in [4.69, 9.17) is 9.47 Å². The molecule has 0 amide bonds. The van der Waals surface area contributed by atoms with E-state index in [1.54, 1.807) is 18.2 Å². The maximum absolute atomic E-state index is 10.8. The van der Waals surface area contributed by atoms with Crippen LogP contribution in [0.1, 0.15) is 5.56 Å². The fourth-order valence-corrected chi connectivity index (χ4v) is 2.09. The Balaban J connectivity index is 1.92. The lowest BCUT2D eigenvalue weighted by atomic mass is 10.1. The van der Waals surface area contributed by atoms with Crippen LogP contribution in [-0.2, 0) is 6.42 Å². The maximum Gasteiger partial charge on any atom is 0.269 e. The summed E-state index contributed by atoms with van der Waals surface area (Å²) in [4.78, 5) is 20.5. The minimum Gasteiger partial charge on any atom is -0.489 e. The predicted molar refractivity (Wildman–Crippen MR) is 95.4 cm³/mol. The molecule has 2 aromatic rings. The van der Waals surface area contributed by atoms with Crippen molar-refractivity contribution >= 4 is 11.4 Å². The first-order valence-corrected chi connectivity index (χ1v) is 7.58. The molecule has 0 aliphatic heterocycles. The Morgan fingerprint density at radius 3 is 2.27 bits per heavy atom. The van der Waals surface area contributed by atoms with Gasteiger partial charge >= 0.3 is 0 Å². The third-order valence-corrected chi connectivity index (χ3v) is 3.30. The van der Waals surface area contributed by atoms with Crippen LogP contribution >= 0.6 is 0 Å². The fraction of sp³-hybridized carbons (Fsp3) is 0.111. The first-order valence-electron chi connectivity index (χ1n) is 7.58. The Labute approximate surface area is 149 Å². The molecule has 0 unspecified atom stereocenters. The summed E-state index contributed by atoms with van der Waals surface area (Å²) in [7, 11) is 0. The van der Waals surface area contributed by atoms with Crippen LogP contribution in [0.3, 0.4) is 0 Å². The van der Waals surface area contributed by atoms with Gasteiger partial charge in [-0.15, -0.1) is 6.58 Å². The number of nitro groups is 2. The van der Waals surface area contributed by atoms with Crippen molar-refractivity contribution < 1.29 is 19.3 Å². The van der Waals surface area contributed by atoms with Crippen molar-refractivity contribution in [3.05, 3.63) is 93.2 Å². The average molecular weight is 356 g/mol. The first-order chi connectivity index (χ1) is 12.5. The number of non-ortho nitro benzene ring substituents is 2. The van der Waals surface area contributed by atoms with Gasteiger partial charge < -0.3 is 9.47 Å². The molecule has 0 N–H and O–H groups in total. The molecule has 2 rings (SSSR count). The lowest BCUT2D eigenvalue weighted by Crippen LogP contribution is -1.99. The zero-order valence-corrected chi connectivity index (χ0v) is 13.7. The lowest BCUT2D eigenvalue weighted by Gasteiger charge is -2.08. The normalized spacial score (nSPS) is 10.5. The summed E-state index contributed by atoms with van der Waals surface area (Å²) >= 11 is 0. The van der Waals surface area contributed by atoms with Gasteiger partial charge in [-0.3, -0.25) is 20.2 Å². The lowest BCUT2D eigenvalue weighted by molar-refractivity contribution is -0.385. The smallest absolute Gasteiger partial charge is 0.269 e. The van der Waals surface area contributed by atoms with Crippen LogP contribution in [0.2, 0.25) is 0 Å². The van der Waals surface area contributed by atoms with E-state index in [1.807, 2.05) is 0 Å². The molecular weight excluding hydrogens is 340 g/mol. The fourth-order valence-electron chi connectivity index (χ4n) is 2.09. The molecule has 0 fully saturated rings. The van der Waals surface area contributed by atoms with Crippen molar-refractivity contribution in [3.8, 4) is 11.5 Å². The molecule has 8 heteroatoms. The molecule has 26 heavy (non-hydrogen) atoms. The monoisotopic (exact) mass is 356 g/mol. The topological polar surface area (TPSA) is 105 Å². The second-order valence-electron chi connectivity index (χ2n) is 5.09. The van der Waals surface area contributed by atoms with Gasteiger partial charge in [-0.05, 0) is 30.7 Å². The molecule has 0 radical (unpaired) electrons. The van der Waals surface area contributed by atoms with Gasteiger partial charge in [0.05, 0.1) is 16.1 Å². The highest BCUT2D eigenvalue weighted by molar-refractivity contribution is 5.44. The summed E-state index contributed by atoms with van der Waals surface area (Å²) in [5.41, 5.74) is 0.641. The highest BCUT2D eigenvalue weighted by Crippen LogP contribution is 2.25. The molecule has 134 valence electrons. The molecule has 0 saturated carbocycles. The highest BCUT2D eigenvalue weighted by Gasteiger charge is 2.10. The van der Waals surface area contributed by atoms with E-state index in [0.717, 1.165) is 0 Å². The molecule has 0 saturated heterocycles. The second-order valence-corrected chi connectivity index (χ2v) is 5.09. The van der Waals surface area contributed by atoms with E-state index in [-0.39, 0.29) is 18.0 Å². The van der Waals surface area contributed by atoms with Crippen LogP contribution in [0.5, 0.6) is 11.5 Å². The van der Waals surface area contributed by atoms with E-state index < -0.39 is 9.85 Å². The third-order valence-electron chi connectivity index (χ3n) is 3.30. The van der Waals surface area contributed by atoms with Gasteiger partial charge in [0.2, 0.25) is 0 Å². The van der Waals surface area contributed by atoms with E-state index in [1.165, 1.54) is 42.7 Å².